The van der Waals surface area contributed by atoms with Gasteiger partial charge in [-0.3, -0.25) is 14.9 Å². The van der Waals surface area contributed by atoms with E-state index in [-0.39, 0.29) is 38.5 Å². The number of amides is 2. The molecule has 3 aliphatic rings. The first-order valence-electron chi connectivity index (χ1n) is 12.8. The Morgan fingerprint density at radius 1 is 1.14 bits per heavy atom. The Labute approximate surface area is 223 Å². The number of nitrogens with zero attached hydrogens (tertiary/aromatic N) is 2. The molecule has 1 aromatic carbocycles. The first-order chi connectivity index (χ1) is 16.5. The van der Waals surface area contributed by atoms with Gasteiger partial charge in [0.2, 0.25) is 11.8 Å². The minimum absolute atomic E-state index is 0. The number of ether oxygens (including phenoxy) is 1. The predicted octanol–water partition coefficient (Wildman–Crippen LogP) is 3.80. The summed E-state index contributed by atoms with van der Waals surface area (Å²) in [5, 5.41) is 5.60. The molecule has 0 radical (unpaired) electrons. The summed E-state index contributed by atoms with van der Waals surface area (Å²) in [5.41, 5.74) is 5.48. The van der Waals surface area contributed by atoms with Crippen LogP contribution in [0.2, 0.25) is 0 Å². The van der Waals surface area contributed by atoms with Crippen molar-refractivity contribution in [3.63, 3.8) is 0 Å². The first-order valence-corrected chi connectivity index (χ1v) is 12.8. The summed E-state index contributed by atoms with van der Waals surface area (Å²) in [7, 11) is 3.41. The van der Waals surface area contributed by atoms with Crippen LogP contribution < -0.4 is 15.5 Å². The molecular formula is C26H39N4O4W-. The molecule has 1 aromatic rings. The molecule has 194 valence electrons. The van der Waals surface area contributed by atoms with E-state index in [2.05, 4.69) is 27.1 Å². The molecule has 1 atom stereocenters. The number of imide groups is 1. The van der Waals surface area contributed by atoms with Gasteiger partial charge >= 0.3 is 0 Å². The number of hydrogen-bond donors (Lipinski definition) is 2. The Morgan fingerprint density at radius 2 is 1.89 bits per heavy atom. The molecule has 35 heavy (non-hydrogen) atoms. The van der Waals surface area contributed by atoms with E-state index < -0.39 is 6.04 Å². The largest absolute Gasteiger partial charge is 0.586 e. The van der Waals surface area contributed by atoms with Crippen LogP contribution in [-0.4, -0.2) is 62.1 Å². The summed E-state index contributed by atoms with van der Waals surface area (Å²) in [4.78, 5) is 31.8. The molecule has 1 aliphatic carbocycles. The summed E-state index contributed by atoms with van der Waals surface area (Å²) in [6, 6.07) is 5.50. The van der Waals surface area contributed by atoms with Gasteiger partial charge in [-0.05, 0) is 55.7 Å². The van der Waals surface area contributed by atoms with Crippen molar-refractivity contribution < 1.29 is 40.2 Å². The van der Waals surface area contributed by atoms with Crippen LogP contribution >= 0.6 is 0 Å². The van der Waals surface area contributed by atoms with E-state index in [1.54, 1.807) is 7.05 Å². The molecule has 9 heteroatoms. The van der Waals surface area contributed by atoms with Crippen LogP contribution in [0.4, 0.5) is 5.69 Å². The van der Waals surface area contributed by atoms with Gasteiger partial charge in [0.05, 0.1) is 11.3 Å². The fourth-order valence-corrected chi connectivity index (χ4v) is 5.69. The van der Waals surface area contributed by atoms with Crippen molar-refractivity contribution in [1.29, 1.82) is 0 Å². The smallest absolute Gasteiger partial charge is 0.249 e. The molecule has 2 N–H and O–H groups in total. The molecule has 1 saturated carbocycles. The zero-order valence-corrected chi connectivity index (χ0v) is 23.9. The summed E-state index contributed by atoms with van der Waals surface area (Å²) in [5.74, 6) is 0.905. The molecule has 2 amide bonds. The second kappa shape index (κ2) is 13.2. The van der Waals surface area contributed by atoms with Gasteiger partial charge in [-0.2, -0.15) is 0 Å². The monoisotopic (exact) mass is 655 g/mol. The maximum atomic E-state index is 12.2. The van der Waals surface area contributed by atoms with Crippen molar-refractivity contribution >= 4 is 17.5 Å². The summed E-state index contributed by atoms with van der Waals surface area (Å²) < 4.78 is 6.11. The van der Waals surface area contributed by atoms with E-state index in [1.165, 1.54) is 38.6 Å². The quantitative estimate of drug-likeness (QED) is 0.311. The Balaban J connectivity index is 0.00000342. The number of methoxy groups -OCH3 is 1. The molecule has 1 unspecified atom stereocenters. The standard InChI is InChI=1S/C26H39N4O4.W/c1-27-34-23-16-20(8-9-21(23)28-22-10-11-24(31)29-25(22)32)17-26(33-2)12-14-30(15-13-26)18-19-6-4-3-5-7-19;/h8-9,16,19,22,28H,3-7,10-15,17-18H2,1-2H3,(H,29,31,32);/q-1;. The number of hydroxylamine groups is 1. The second-order valence-electron chi connectivity index (χ2n) is 10.1. The van der Waals surface area contributed by atoms with E-state index in [0.717, 1.165) is 43.8 Å². The van der Waals surface area contributed by atoms with Gasteiger partial charge in [0, 0.05) is 60.7 Å². The van der Waals surface area contributed by atoms with Gasteiger partial charge in [-0.15, -0.1) is 7.05 Å². The SMILES string of the molecule is C[N-]Oc1cc(CC2(OC)CCN(CC3CCCCC3)CC2)ccc1NC1CCC(=O)NC1=O.[W]. The summed E-state index contributed by atoms with van der Waals surface area (Å²) >= 11 is 0. The Kier molecular flexibility index (Phi) is 10.6. The third-order valence-corrected chi connectivity index (χ3v) is 7.77. The Hall–Kier alpha value is -1.47. The molecule has 0 spiro atoms. The zero-order valence-electron chi connectivity index (χ0n) is 21.0. The molecule has 2 heterocycles. The molecule has 0 aromatic heterocycles. The predicted molar refractivity (Wildman–Crippen MR) is 132 cm³/mol. The molecule has 0 bridgehead atoms. The Bertz CT molecular complexity index is 854. The van der Waals surface area contributed by atoms with Crippen molar-refractivity contribution in [2.45, 2.75) is 75.9 Å². The number of rotatable bonds is 9. The molecule has 2 aliphatic heterocycles. The number of benzene rings is 1. The van der Waals surface area contributed by atoms with Crippen LogP contribution in [0.25, 0.3) is 5.48 Å². The first kappa shape index (κ1) is 28.1. The van der Waals surface area contributed by atoms with Crippen LogP contribution in [0.1, 0.15) is 63.4 Å². The number of hydrogen-bond acceptors (Lipinski definition) is 6. The van der Waals surface area contributed by atoms with Gasteiger partial charge in [-0.1, -0.05) is 25.3 Å². The fraction of sp³-hybridized carbons (Fsp3) is 0.692. The zero-order chi connectivity index (χ0) is 24.0. The number of carbonyl (C=O) groups excluding carboxylic acids is 2. The number of anilines is 1. The Morgan fingerprint density at radius 3 is 2.54 bits per heavy atom. The second-order valence-corrected chi connectivity index (χ2v) is 10.1. The van der Waals surface area contributed by atoms with E-state index >= 15 is 0 Å². The third kappa shape index (κ3) is 7.51. The number of nitrogens with one attached hydrogen (secondary N) is 2. The van der Waals surface area contributed by atoms with Crippen LogP contribution in [0, 0.1) is 5.92 Å². The molecule has 3 fully saturated rings. The molecule has 8 nitrogen and oxygen atoms in total. The topological polar surface area (TPSA) is 94.0 Å². The third-order valence-electron chi connectivity index (χ3n) is 7.77. The van der Waals surface area contributed by atoms with Gasteiger partial charge in [0.25, 0.3) is 0 Å². The van der Waals surface area contributed by atoms with Crippen molar-refractivity contribution in [1.82, 2.24) is 10.2 Å². The maximum Gasteiger partial charge on any atom is 0.249 e. The van der Waals surface area contributed by atoms with E-state index in [9.17, 15) is 9.59 Å². The van der Waals surface area contributed by atoms with Crippen LogP contribution in [0.5, 0.6) is 5.75 Å². The van der Waals surface area contributed by atoms with E-state index in [1.807, 2.05) is 19.2 Å². The van der Waals surface area contributed by atoms with Crippen molar-refractivity contribution in [3.8, 4) is 5.75 Å². The number of piperidine rings is 2. The van der Waals surface area contributed by atoms with Crippen LogP contribution in [0.3, 0.4) is 0 Å². The van der Waals surface area contributed by atoms with Crippen LogP contribution in [-0.2, 0) is 41.8 Å². The fourth-order valence-electron chi connectivity index (χ4n) is 5.69. The van der Waals surface area contributed by atoms with Gasteiger partial charge in [0.1, 0.15) is 11.8 Å². The number of likely N-dealkylation sites (tertiary alicyclic amines) is 1. The van der Waals surface area contributed by atoms with Crippen molar-refractivity contribution in [2.24, 2.45) is 5.92 Å². The maximum absolute atomic E-state index is 12.2. The molecule has 2 saturated heterocycles. The van der Waals surface area contributed by atoms with E-state index in [0.29, 0.717) is 24.3 Å². The average Bonchev–Trinajstić information content (AvgIpc) is 2.84. The summed E-state index contributed by atoms with van der Waals surface area (Å²) in [6.07, 6.45) is 10.6. The van der Waals surface area contributed by atoms with Crippen LogP contribution in [0.15, 0.2) is 18.2 Å². The number of carbonyl (C=O) groups is 2. The molecule has 4 rings (SSSR count). The average molecular weight is 655 g/mol. The van der Waals surface area contributed by atoms with Gasteiger partial charge in [-0.25, -0.2) is 0 Å². The van der Waals surface area contributed by atoms with Gasteiger partial charge < -0.3 is 25.3 Å². The molecular weight excluding hydrogens is 616 g/mol. The minimum atomic E-state index is -0.471. The normalized spacial score (nSPS) is 23.3. The van der Waals surface area contributed by atoms with Gasteiger partial charge in [0.15, 0.2) is 0 Å². The van der Waals surface area contributed by atoms with Crippen molar-refractivity contribution in [3.05, 3.63) is 29.2 Å². The van der Waals surface area contributed by atoms with Crippen molar-refractivity contribution in [2.75, 3.05) is 39.1 Å². The minimum Gasteiger partial charge on any atom is -0.586 e. The van der Waals surface area contributed by atoms with E-state index in [4.69, 9.17) is 9.57 Å². The summed E-state index contributed by atoms with van der Waals surface area (Å²) in [6.45, 7) is 3.39.